The summed E-state index contributed by atoms with van der Waals surface area (Å²) >= 11 is 13.2. The molecule has 1 heterocycles. The number of nitrogens with zero attached hydrogens (tertiary/aromatic N) is 1. The first-order valence-corrected chi connectivity index (χ1v) is 7.66. The number of halogens is 3. The van der Waals surface area contributed by atoms with Crippen LogP contribution in [0.2, 0.25) is 5.02 Å². The lowest BCUT2D eigenvalue weighted by atomic mass is 10.1. The minimum absolute atomic E-state index is 0.236. The summed E-state index contributed by atoms with van der Waals surface area (Å²) in [5.74, 6) is 0. The summed E-state index contributed by atoms with van der Waals surface area (Å²) in [6, 6.07) is 10.0. The zero-order valence-corrected chi connectivity index (χ0v) is 13.8. The van der Waals surface area contributed by atoms with Crippen molar-refractivity contribution in [1.29, 1.82) is 0 Å². The Labute approximate surface area is 129 Å². The van der Waals surface area contributed by atoms with E-state index in [4.69, 9.17) is 11.6 Å². The van der Waals surface area contributed by atoms with Crippen molar-refractivity contribution in [2.45, 2.75) is 18.2 Å². The van der Waals surface area contributed by atoms with Gasteiger partial charge in [-0.3, -0.25) is 4.98 Å². The van der Waals surface area contributed by atoms with Crippen molar-refractivity contribution >= 4 is 43.5 Å². The van der Waals surface area contributed by atoms with Crippen LogP contribution in [0.3, 0.4) is 0 Å². The van der Waals surface area contributed by atoms with Crippen LogP contribution in [0.4, 0.5) is 0 Å². The molecule has 0 bridgehead atoms. The number of benzene rings is 1. The molecule has 1 aromatic carbocycles. The quantitative estimate of drug-likeness (QED) is 0.633. The summed E-state index contributed by atoms with van der Waals surface area (Å²) in [5, 5.41) is 0.729. The van der Waals surface area contributed by atoms with Gasteiger partial charge in [0, 0.05) is 27.6 Å². The molecule has 0 saturated carbocycles. The van der Waals surface area contributed by atoms with Crippen molar-refractivity contribution in [2.75, 3.05) is 0 Å². The van der Waals surface area contributed by atoms with E-state index >= 15 is 0 Å². The molecule has 0 N–H and O–H groups in total. The van der Waals surface area contributed by atoms with E-state index in [1.54, 1.807) is 0 Å². The molecule has 2 rings (SSSR count). The van der Waals surface area contributed by atoms with Gasteiger partial charge in [0.1, 0.15) is 0 Å². The minimum Gasteiger partial charge on any atom is -0.261 e. The normalized spacial score (nSPS) is 12.4. The Morgan fingerprint density at radius 2 is 2.11 bits per heavy atom. The highest BCUT2D eigenvalue weighted by Gasteiger charge is 2.12. The van der Waals surface area contributed by atoms with Crippen LogP contribution in [-0.2, 0) is 6.42 Å². The van der Waals surface area contributed by atoms with Crippen molar-refractivity contribution in [2.24, 2.45) is 0 Å². The molecule has 0 aliphatic rings. The molecule has 0 saturated heterocycles. The van der Waals surface area contributed by atoms with Gasteiger partial charge in [0.25, 0.3) is 0 Å². The van der Waals surface area contributed by atoms with Gasteiger partial charge in [0.2, 0.25) is 0 Å². The van der Waals surface area contributed by atoms with Gasteiger partial charge in [0.15, 0.2) is 0 Å². The molecule has 94 valence electrons. The van der Waals surface area contributed by atoms with Crippen molar-refractivity contribution in [3.63, 3.8) is 0 Å². The van der Waals surface area contributed by atoms with Crippen LogP contribution < -0.4 is 0 Å². The second kappa shape index (κ2) is 6.18. The van der Waals surface area contributed by atoms with Crippen LogP contribution in [0.1, 0.15) is 21.6 Å². The summed E-state index contributed by atoms with van der Waals surface area (Å²) in [6.07, 6.45) is 2.70. The fourth-order valence-corrected chi connectivity index (χ4v) is 2.83. The molecule has 1 atom stereocenters. The molecule has 18 heavy (non-hydrogen) atoms. The molecule has 2 aromatic rings. The SMILES string of the molecule is Cc1cccnc1CC(Br)c1ccc(Cl)c(Br)c1. The van der Waals surface area contributed by atoms with Crippen LogP contribution in [0.15, 0.2) is 41.0 Å². The number of hydrogen-bond acceptors (Lipinski definition) is 1. The highest BCUT2D eigenvalue weighted by atomic mass is 79.9. The molecule has 1 unspecified atom stereocenters. The molecule has 0 fully saturated rings. The van der Waals surface area contributed by atoms with Gasteiger partial charge < -0.3 is 0 Å². The van der Waals surface area contributed by atoms with Gasteiger partial charge in [0.05, 0.1) is 5.02 Å². The number of aromatic nitrogens is 1. The summed E-state index contributed by atoms with van der Waals surface area (Å²) in [7, 11) is 0. The monoisotopic (exact) mass is 387 g/mol. The average Bonchev–Trinajstić information content (AvgIpc) is 2.35. The molecule has 0 aliphatic carbocycles. The first-order valence-electron chi connectivity index (χ1n) is 5.57. The highest BCUT2D eigenvalue weighted by molar-refractivity contribution is 9.10. The fourth-order valence-electron chi connectivity index (χ4n) is 1.73. The third-order valence-corrected chi connectivity index (χ3v) is 4.86. The third kappa shape index (κ3) is 3.34. The standard InChI is InChI=1S/C14H12Br2ClN/c1-9-3-2-6-18-14(9)8-11(15)10-4-5-13(17)12(16)7-10/h2-7,11H,8H2,1H3. The van der Waals surface area contributed by atoms with E-state index in [-0.39, 0.29) is 4.83 Å². The first-order chi connectivity index (χ1) is 8.58. The Bertz CT molecular complexity index is 557. The molecule has 0 spiro atoms. The number of alkyl halides is 1. The summed E-state index contributed by atoms with van der Waals surface area (Å²) < 4.78 is 0.920. The predicted molar refractivity (Wildman–Crippen MR) is 83.5 cm³/mol. The predicted octanol–water partition coefficient (Wildman–Crippen LogP) is 5.48. The largest absolute Gasteiger partial charge is 0.261 e. The van der Waals surface area contributed by atoms with Gasteiger partial charge in [-0.25, -0.2) is 0 Å². The maximum atomic E-state index is 6.00. The third-order valence-electron chi connectivity index (χ3n) is 2.80. The van der Waals surface area contributed by atoms with E-state index in [1.165, 1.54) is 11.1 Å². The lowest BCUT2D eigenvalue weighted by molar-refractivity contribution is 0.891. The Morgan fingerprint density at radius 1 is 1.33 bits per heavy atom. The van der Waals surface area contributed by atoms with E-state index in [0.717, 1.165) is 21.6 Å². The van der Waals surface area contributed by atoms with Gasteiger partial charge in [-0.1, -0.05) is 39.7 Å². The zero-order valence-electron chi connectivity index (χ0n) is 9.83. The first kappa shape index (κ1) is 14.0. The highest BCUT2D eigenvalue weighted by Crippen LogP contribution is 2.32. The second-order valence-corrected chi connectivity index (χ2v) is 6.48. The maximum Gasteiger partial charge on any atom is 0.0548 e. The van der Waals surface area contributed by atoms with E-state index in [2.05, 4.69) is 49.8 Å². The van der Waals surface area contributed by atoms with Crippen molar-refractivity contribution < 1.29 is 0 Å². The van der Waals surface area contributed by atoms with Crippen molar-refractivity contribution in [3.8, 4) is 0 Å². The van der Waals surface area contributed by atoms with Gasteiger partial charge in [-0.15, -0.1) is 0 Å². The number of pyridine rings is 1. The van der Waals surface area contributed by atoms with Gasteiger partial charge in [-0.2, -0.15) is 0 Å². The second-order valence-electron chi connectivity index (χ2n) is 4.11. The molecule has 0 amide bonds. The molecular formula is C14H12Br2ClN. The van der Waals surface area contributed by atoms with Crippen molar-refractivity contribution in [1.82, 2.24) is 4.98 Å². The van der Waals surface area contributed by atoms with Gasteiger partial charge in [-0.05, 0) is 52.2 Å². The summed E-state index contributed by atoms with van der Waals surface area (Å²) in [4.78, 5) is 4.65. The van der Waals surface area contributed by atoms with E-state index in [9.17, 15) is 0 Å². The lowest BCUT2D eigenvalue weighted by Gasteiger charge is -2.12. The van der Waals surface area contributed by atoms with E-state index < -0.39 is 0 Å². The molecule has 0 aliphatic heterocycles. The Morgan fingerprint density at radius 3 is 2.78 bits per heavy atom. The topological polar surface area (TPSA) is 12.9 Å². The number of hydrogen-bond donors (Lipinski definition) is 0. The van der Waals surface area contributed by atoms with Crippen LogP contribution in [0, 0.1) is 6.92 Å². The summed E-state index contributed by atoms with van der Waals surface area (Å²) in [5.41, 5.74) is 3.52. The maximum absolute atomic E-state index is 6.00. The number of rotatable bonds is 3. The van der Waals surface area contributed by atoms with E-state index in [1.807, 2.05) is 30.5 Å². The zero-order chi connectivity index (χ0) is 13.1. The minimum atomic E-state index is 0.236. The van der Waals surface area contributed by atoms with Gasteiger partial charge >= 0.3 is 0 Å². The number of aryl methyl sites for hydroxylation is 1. The van der Waals surface area contributed by atoms with E-state index in [0.29, 0.717) is 0 Å². The van der Waals surface area contributed by atoms with Crippen LogP contribution >= 0.6 is 43.5 Å². The Hall–Kier alpha value is -0.380. The van der Waals surface area contributed by atoms with Crippen LogP contribution in [0.25, 0.3) is 0 Å². The van der Waals surface area contributed by atoms with Crippen LogP contribution in [0.5, 0.6) is 0 Å². The average molecular weight is 390 g/mol. The lowest BCUT2D eigenvalue weighted by Crippen LogP contribution is -2.00. The molecule has 4 heteroatoms. The summed E-state index contributed by atoms with van der Waals surface area (Å²) in [6.45, 7) is 2.08. The molecule has 1 nitrogen and oxygen atoms in total. The van der Waals surface area contributed by atoms with Crippen molar-refractivity contribution in [3.05, 3.63) is 62.8 Å². The Kier molecular flexibility index (Phi) is 4.82. The van der Waals surface area contributed by atoms with Crippen LogP contribution in [-0.4, -0.2) is 4.98 Å². The Balaban J connectivity index is 2.19. The fraction of sp³-hybridized carbons (Fsp3) is 0.214. The molecular weight excluding hydrogens is 377 g/mol. The molecule has 0 radical (unpaired) electrons. The smallest absolute Gasteiger partial charge is 0.0548 e. The molecule has 1 aromatic heterocycles.